The molecule has 0 aliphatic heterocycles. The summed E-state index contributed by atoms with van der Waals surface area (Å²) in [6.45, 7) is 0.0753. The second kappa shape index (κ2) is 12.2. The van der Waals surface area contributed by atoms with Crippen molar-refractivity contribution >= 4 is 11.8 Å². The number of carbonyl (C=O) groups is 2. The number of benzene rings is 2. The topological polar surface area (TPSA) is 106 Å². The summed E-state index contributed by atoms with van der Waals surface area (Å²) in [6.07, 6.45) is 6.90. The molecule has 0 radical (unpaired) electrons. The third-order valence-corrected chi connectivity index (χ3v) is 6.76. The van der Waals surface area contributed by atoms with Crippen LogP contribution in [0.15, 0.2) is 85.1 Å². The van der Waals surface area contributed by atoms with E-state index in [4.69, 9.17) is 0 Å². The number of hydrogen-bond acceptors (Lipinski definition) is 6. The lowest BCUT2D eigenvalue weighted by Crippen LogP contribution is -2.48. The lowest BCUT2D eigenvalue weighted by Gasteiger charge is -2.32. The Hall–Kier alpha value is -4.40. The Morgan fingerprint density at radius 3 is 2.34 bits per heavy atom. The number of aromatic nitrogens is 5. The summed E-state index contributed by atoms with van der Waals surface area (Å²) >= 11 is 0. The third kappa shape index (κ3) is 6.29. The van der Waals surface area contributed by atoms with Crippen LogP contribution in [0.3, 0.4) is 0 Å². The Balaban J connectivity index is 1.44. The lowest BCUT2D eigenvalue weighted by atomic mass is 9.95. The molecule has 1 saturated carbocycles. The van der Waals surface area contributed by atoms with Crippen molar-refractivity contribution in [1.29, 1.82) is 0 Å². The highest BCUT2D eigenvalue weighted by atomic mass is 16.2. The van der Waals surface area contributed by atoms with Crippen molar-refractivity contribution in [3.05, 3.63) is 96.3 Å². The van der Waals surface area contributed by atoms with E-state index in [1.165, 1.54) is 11.2 Å². The van der Waals surface area contributed by atoms with E-state index in [0.717, 1.165) is 36.8 Å². The van der Waals surface area contributed by atoms with Gasteiger partial charge in [-0.3, -0.25) is 14.6 Å². The molecule has 1 fully saturated rings. The SMILES string of the molecule is O=C(NC1CCCCC1)C(c1ccccn1)N(Cc1ccccc1)C(=O)Cn1nnc(-c2ccccc2)n1. The summed E-state index contributed by atoms with van der Waals surface area (Å²) in [6, 6.07) is 23.7. The molecule has 1 unspecified atom stereocenters. The molecule has 2 amide bonds. The van der Waals surface area contributed by atoms with E-state index in [1.54, 1.807) is 23.2 Å². The first kappa shape index (κ1) is 25.3. The monoisotopic (exact) mass is 509 g/mol. The van der Waals surface area contributed by atoms with Crippen LogP contribution in [-0.4, -0.2) is 47.9 Å². The maximum absolute atomic E-state index is 13.9. The Morgan fingerprint density at radius 1 is 0.921 bits per heavy atom. The Labute approximate surface area is 221 Å². The normalized spacial score (nSPS) is 14.5. The van der Waals surface area contributed by atoms with Crippen LogP contribution >= 0.6 is 0 Å². The van der Waals surface area contributed by atoms with Crippen molar-refractivity contribution in [2.45, 2.75) is 57.3 Å². The second-order valence-electron chi connectivity index (χ2n) is 9.52. The Morgan fingerprint density at radius 2 is 1.63 bits per heavy atom. The van der Waals surface area contributed by atoms with Gasteiger partial charge in [0.15, 0.2) is 6.04 Å². The van der Waals surface area contributed by atoms with E-state index < -0.39 is 6.04 Å². The molecule has 0 bridgehead atoms. The molecule has 2 aromatic heterocycles. The zero-order valence-corrected chi connectivity index (χ0v) is 21.2. The molecule has 2 aromatic carbocycles. The molecule has 38 heavy (non-hydrogen) atoms. The van der Waals surface area contributed by atoms with Crippen LogP contribution in [-0.2, 0) is 22.7 Å². The number of carbonyl (C=O) groups excluding carboxylic acids is 2. The molecule has 4 aromatic rings. The van der Waals surface area contributed by atoms with Crippen molar-refractivity contribution in [3.8, 4) is 11.4 Å². The molecule has 194 valence electrons. The standard InChI is InChI=1S/C29H31N7O2/c37-26(21-36-33-28(32-34-36)23-14-6-2-7-15-23)35(20-22-12-4-1-5-13-22)27(25-18-10-11-19-30-25)29(38)31-24-16-8-3-9-17-24/h1-2,4-7,10-15,18-19,24,27H,3,8-9,16-17,20-21H2,(H,31,38). The maximum Gasteiger partial charge on any atom is 0.249 e. The fraction of sp³-hybridized carbons (Fsp3) is 0.310. The highest BCUT2D eigenvalue weighted by molar-refractivity contribution is 5.88. The van der Waals surface area contributed by atoms with E-state index in [1.807, 2.05) is 66.7 Å². The van der Waals surface area contributed by atoms with E-state index in [-0.39, 0.29) is 30.9 Å². The van der Waals surface area contributed by atoms with E-state index in [0.29, 0.717) is 11.5 Å². The van der Waals surface area contributed by atoms with Crippen molar-refractivity contribution in [3.63, 3.8) is 0 Å². The molecule has 9 heteroatoms. The van der Waals surface area contributed by atoms with E-state index >= 15 is 0 Å². The van der Waals surface area contributed by atoms with Crippen LogP contribution in [0.1, 0.15) is 49.4 Å². The molecule has 1 aliphatic carbocycles. The quantitative estimate of drug-likeness (QED) is 0.366. The molecular weight excluding hydrogens is 478 g/mol. The first-order valence-corrected chi connectivity index (χ1v) is 13.1. The summed E-state index contributed by atoms with van der Waals surface area (Å²) in [5.74, 6) is -0.0963. The van der Waals surface area contributed by atoms with Gasteiger partial charge in [-0.15, -0.1) is 10.2 Å². The van der Waals surface area contributed by atoms with Crippen molar-refractivity contribution in [2.24, 2.45) is 0 Å². The van der Waals surface area contributed by atoms with Gasteiger partial charge in [-0.25, -0.2) is 0 Å². The van der Waals surface area contributed by atoms with Gasteiger partial charge in [-0.05, 0) is 35.8 Å². The van der Waals surface area contributed by atoms with Gasteiger partial charge in [0, 0.05) is 24.3 Å². The molecule has 9 nitrogen and oxygen atoms in total. The number of hydrogen-bond donors (Lipinski definition) is 1. The number of rotatable bonds is 9. The average molecular weight is 510 g/mol. The number of tetrazole rings is 1. The van der Waals surface area contributed by atoms with Crippen molar-refractivity contribution in [1.82, 2.24) is 35.4 Å². The van der Waals surface area contributed by atoms with Gasteiger partial charge >= 0.3 is 0 Å². The summed E-state index contributed by atoms with van der Waals surface area (Å²) in [7, 11) is 0. The molecule has 1 N–H and O–H groups in total. The van der Waals surface area contributed by atoms with Crippen molar-refractivity contribution in [2.75, 3.05) is 0 Å². The first-order chi connectivity index (χ1) is 18.7. The Bertz CT molecular complexity index is 1320. The summed E-state index contributed by atoms with van der Waals surface area (Å²) < 4.78 is 0. The predicted octanol–water partition coefficient (Wildman–Crippen LogP) is 3.95. The zero-order chi connectivity index (χ0) is 26.2. The predicted molar refractivity (Wildman–Crippen MR) is 142 cm³/mol. The maximum atomic E-state index is 13.9. The van der Waals surface area contributed by atoms with Gasteiger partial charge in [0.05, 0.1) is 5.69 Å². The molecule has 0 spiro atoms. The lowest BCUT2D eigenvalue weighted by molar-refractivity contribution is -0.143. The molecule has 1 atom stereocenters. The number of nitrogens with zero attached hydrogens (tertiary/aromatic N) is 6. The summed E-state index contributed by atoms with van der Waals surface area (Å²) in [5, 5.41) is 15.8. The molecule has 5 rings (SSSR count). The van der Waals surface area contributed by atoms with Gasteiger partial charge in [0.2, 0.25) is 17.6 Å². The fourth-order valence-corrected chi connectivity index (χ4v) is 4.83. The van der Waals surface area contributed by atoms with Crippen LogP contribution in [0.5, 0.6) is 0 Å². The molecule has 2 heterocycles. The van der Waals surface area contributed by atoms with E-state index in [9.17, 15) is 9.59 Å². The second-order valence-corrected chi connectivity index (χ2v) is 9.52. The van der Waals surface area contributed by atoms with Crippen LogP contribution < -0.4 is 5.32 Å². The van der Waals surface area contributed by atoms with Crippen LogP contribution in [0.4, 0.5) is 0 Å². The minimum atomic E-state index is -0.900. The minimum Gasteiger partial charge on any atom is -0.351 e. The zero-order valence-electron chi connectivity index (χ0n) is 21.2. The van der Waals surface area contributed by atoms with Crippen LogP contribution in [0, 0.1) is 0 Å². The van der Waals surface area contributed by atoms with Gasteiger partial charge in [0.1, 0.15) is 6.54 Å². The first-order valence-electron chi connectivity index (χ1n) is 13.1. The third-order valence-electron chi connectivity index (χ3n) is 6.76. The smallest absolute Gasteiger partial charge is 0.249 e. The highest BCUT2D eigenvalue weighted by Crippen LogP contribution is 2.25. The van der Waals surface area contributed by atoms with E-state index in [2.05, 4.69) is 25.7 Å². The number of nitrogens with one attached hydrogen (secondary N) is 1. The van der Waals surface area contributed by atoms with Gasteiger partial charge in [-0.1, -0.05) is 86.0 Å². The molecular formula is C29H31N7O2. The minimum absolute atomic E-state index is 0.0987. The Kier molecular flexibility index (Phi) is 8.13. The average Bonchev–Trinajstić information content (AvgIpc) is 3.43. The summed E-state index contributed by atoms with van der Waals surface area (Å²) in [5.41, 5.74) is 2.23. The van der Waals surface area contributed by atoms with Crippen LogP contribution in [0.2, 0.25) is 0 Å². The van der Waals surface area contributed by atoms with Crippen molar-refractivity contribution < 1.29 is 9.59 Å². The largest absolute Gasteiger partial charge is 0.351 e. The van der Waals surface area contributed by atoms with Gasteiger partial charge in [-0.2, -0.15) is 4.80 Å². The highest BCUT2D eigenvalue weighted by Gasteiger charge is 2.34. The fourth-order valence-electron chi connectivity index (χ4n) is 4.83. The van der Waals surface area contributed by atoms with Crippen LogP contribution in [0.25, 0.3) is 11.4 Å². The molecule has 1 aliphatic rings. The van der Waals surface area contributed by atoms with Gasteiger partial charge in [0.25, 0.3) is 0 Å². The number of amides is 2. The molecule has 0 saturated heterocycles. The number of pyridine rings is 1. The van der Waals surface area contributed by atoms with Gasteiger partial charge < -0.3 is 10.2 Å². The summed E-state index contributed by atoms with van der Waals surface area (Å²) in [4.78, 5) is 35.0.